The van der Waals surface area contributed by atoms with Crippen molar-refractivity contribution in [2.45, 2.75) is 12.5 Å². The summed E-state index contributed by atoms with van der Waals surface area (Å²) >= 11 is 0. The van der Waals surface area contributed by atoms with Gasteiger partial charge in [-0.1, -0.05) is 42.5 Å². The molecular weight excluding hydrogens is 178 g/mol. The van der Waals surface area contributed by atoms with E-state index in [1.807, 2.05) is 30.3 Å². The van der Waals surface area contributed by atoms with Gasteiger partial charge in [-0.15, -0.1) is 0 Å². The second-order valence-corrected chi connectivity index (χ2v) is 3.33. The Bertz CT molecular complexity index is 342. The average Bonchev–Trinajstić information content (AvgIpc) is 2.16. The molecule has 0 saturated heterocycles. The van der Waals surface area contributed by atoms with E-state index in [4.69, 9.17) is 10.8 Å². The third-order valence-electron chi connectivity index (χ3n) is 1.88. The lowest BCUT2D eigenvalue weighted by molar-refractivity contribution is -0.140. The molecule has 0 spiro atoms. The number of rotatable bonds is 3. The molecule has 74 valence electrons. The molecule has 14 heavy (non-hydrogen) atoms. The summed E-state index contributed by atoms with van der Waals surface area (Å²) < 4.78 is 0. The lowest BCUT2D eigenvalue weighted by Crippen LogP contribution is -2.42. The minimum absolute atomic E-state index is 0.936. The molecule has 3 nitrogen and oxygen atoms in total. The summed E-state index contributed by atoms with van der Waals surface area (Å²) in [5.41, 5.74) is 5.15. The lowest BCUT2D eigenvalue weighted by atomic mass is 10.0. The molecule has 0 unspecified atom stereocenters. The predicted molar refractivity (Wildman–Crippen MR) is 55.7 cm³/mol. The maximum Gasteiger partial charge on any atom is 0.327 e. The van der Waals surface area contributed by atoms with E-state index in [0.29, 0.717) is 0 Å². The first kappa shape index (κ1) is 10.5. The maximum atomic E-state index is 10.7. The van der Waals surface area contributed by atoms with Crippen molar-refractivity contribution in [1.29, 1.82) is 0 Å². The van der Waals surface area contributed by atoms with Crippen LogP contribution >= 0.6 is 0 Å². The van der Waals surface area contributed by atoms with E-state index in [0.717, 1.165) is 5.56 Å². The highest BCUT2D eigenvalue weighted by atomic mass is 16.4. The Morgan fingerprint density at radius 2 is 2.00 bits per heavy atom. The number of carbonyl (C=O) groups is 1. The predicted octanol–water partition coefficient (Wildman–Crippen LogP) is 1.50. The molecule has 0 fully saturated rings. The third kappa shape index (κ3) is 2.71. The lowest BCUT2D eigenvalue weighted by Gasteiger charge is -2.12. The van der Waals surface area contributed by atoms with Gasteiger partial charge in [0, 0.05) is 0 Å². The van der Waals surface area contributed by atoms with Crippen molar-refractivity contribution in [2.75, 3.05) is 0 Å². The Morgan fingerprint density at radius 3 is 2.50 bits per heavy atom. The number of nitrogens with two attached hydrogens (primary N) is 1. The average molecular weight is 191 g/mol. The maximum absolute atomic E-state index is 10.7. The number of aliphatic carboxylic acids is 1. The summed E-state index contributed by atoms with van der Waals surface area (Å²) in [7, 11) is 0. The van der Waals surface area contributed by atoms with Crippen LogP contribution in [0.1, 0.15) is 12.5 Å². The molecule has 0 radical (unpaired) electrons. The van der Waals surface area contributed by atoms with Gasteiger partial charge in [-0.25, -0.2) is 4.79 Å². The van der Waals surface area contributed by atoms with Crippen molar-refractivity contribution in [3.8, 4) is 0 Å². The zero-order valence-corrected chi connectivity index (χ0v) is 7.97. The monoisotopic (exact) mass is 191 g/mol. The van der Waals surface area contributed by atoms with Crippen LogP contribution in [0, 0.1) is 0 Å². The first-order chi connectivity index (χ1) is 6.52. The second-order valence-electron chi connectivity index (χ2n) is 3.33. The number of carboxylic acids is 1. The molecule has 1 atom stereocenters. The van der Waals surface area contributed by atoms with E-state index in [1.165, 1.54) is 13.0 Å². The van der Waals surface area contributed by atoms with Crippen molar-refractivity contribution in [2.24, 2.45) is 5.73 Å². The smallest absolute Gasteiger partial charge is 0.327 e. The van der Waals surface area contributed by atoms with E-state index in [2.05, 4.69) is 0 Å². The Labute approximate surface area is 82.9 Å². The quantitative estimate of drug-likeness (QED) is 0.761. The summed E-state index contributed by atoms with van der Waals surface area (Å²) in [6.45, 7) is 1.45. The summed E-state index contributed by atoms with van der Waals surface area (Å²) in [4.78, 5) is 10.7. The molecule has 0 bridgehead atoms. The normalized spacial score (nSPS) is 15.3. The van der Waals surface area contributed by atoms with Gasteiger partial charge < -0.3 is 10.8 Å². The largest absolute Gasteiger partial charge is 0.480 e. The standard InChI is InChI=1S/C11H13NO2/c1-11(12,10(13)14)8-7-9-5-3-2-4-6-9/h2-8H,12H2,1H3,(H,13,14)/t11-/m0/s1. The number of benzene rings is 1. The minimum atomic E-state index is -1.31. The van der Waals surface area contributed by atoms with Crippen molar-refractivity contribution in [3.63, 3.8) is 0 Å². The highest BCUT2D eigenvalue weighted by Gasteiger charge is 2.23. The van der Waals surface area contributed by atoms with Crippen molar-refractivity contribution in [1.82, 2.24) is 0 Å². The van der Waals surface area contributed by atoms with Gasteiger partial charge >= 0.3 is 5.97 Å². The second kappa shape index (κ2) is 4.07. The van der Waals surface area contributed by atoms with Crippen molar-refractivity contribution in [3.05, 3.63) is 42.0 Å². The fraction of sp³-hybridized carbons (Fsp3) is 0.182. The van der Waals surface area contributed by atoms with Gasteiger partial charge in [-0.3, -0.25) is 0 Å². The molecule has 3 N–H and O–H groups in total. The zero-order valence-electron chi connectivity index (χ0n) is 7.97. The molecule has 0 aliphatic rings. The van der Waals surface area contributed by atoms with Gasteiger partial charge in [0.25, 0.3) is 0 Å². The Balaban J connectivity index is 2.79. The van der Waals surface area contributed by atoms with E-state index >= 15 is 0 Å². The SMILES string of the molecule is C[C@](N)(C=Cc1ccccc1)C(=O)O. The molecule has 1 aromatic carbocycles. The van der Waals surface area contributed by atoms with Gasteiger partial charge in [0.15, 0.2) is 0 Å². The third-order valence-corrected chi connectivity index (χ3v) is 1.88. The van der Waals surface area contributed by atoms with E-state index in [9.17, 15) is 4.79 Å². The first-order valence-electron chi connectivity index (χ1n) is 4.29. The molecular formula is C11H13NO2. The van der Waals surface area contributed by atoms with Crippen LogP contribution in [0.4, 0.5) is 0 Å². The molecule has 0 amide bonds. The summed E-state index contributed by atoms with van der Waals surface area (Å²) in [5, 5.41) is 8.74. The van der Waals surface area contributed by atoms with Crippen LogP contribution in [-0.2, 0) is 4.79 Å². The van der Waals surface area contributed by atoms with E-state index < -0.39 is 11.5 Å². The number of hydrogen-bond donors (Lipinski definition) is 2. The van der Waals surface area contributed by atoms with Crippen molar-refractivity contribution >= 4 is 12.0 Å². The Kier molecular flexibility index (Phi) is 3.04. The summed E-state index contributed by atoms with van der Waals surface area (Å²) in [6, 6.07) is 9.43. The van der Waals surface area contributed by atoms with Gasteiger partial charge in [-0.2, -0.15) is 0 Å². The van der Waals surface area contributed by atoms with E-state index in [1.54, 1.807) is 6.08 Å². The van der Waals surface area contributed by atoms with Crippen LogP contribution in [0.2, 0.25) is 0 Å². The molecule has 1 rings (SSSR count). The van der Waals surface area contributed by atoms with Crippen LogP contribution in [-0.4, -0.2) is 16.6 Å². The van der Waals surface area contributed by atoms with E-state index in [-0.39, 0.29) is 0 Å². The van der Waals surface area contributed by atoms with Crippen LogP contribution in [0.5, 0.6) is 0 Å². The number of carboxylic acid groups (broad SMARTS) is 1. The van der Waals surface area contributed by atoms with Gasteiger partial charge in [0.1, 0.15) is 5.54 Å². The molecule has 0 heterocycles. The highest BCUT2D eigenvalue weighted by Crippen LogP contribution is 2.07. The molecule has 1 aromatic rings. The summed E-state index contributed by atoms with van der Waals surface area (Å²) in [5.74, 6) is -1.04. The molecule has 0 saturated carbocycles. The van der Waals surface area contributed by atoms with Gasteiger partial charge in [0.2, 0.25) is 0 Å². The fourth-order valence-corrected chi connectivity index (χ4v) is 0.905. The van der Waals surface area contributed by atoms with Crippen LogP contribution in [0.25, 0.3) is 6.08 Å². The zero-order chi connectivity index (χ0) is 10.6. The number of hydrogen-bond acceptors (Lipinski definition) is 2. The molecule has 3 heteroatoms. The fourth-order valence-electron chi connectivity index (χ4n) is 0.905. The first-order valence-corrected chi connectivity index (χ1v) is 4.29. The van der Waals surface area contributed by atoms with Gasteiger partial charge in [-0.05, 0) is 12.5 Å². The van der Waals surface area contributed by atoms with Crippen LogP contribution in [0.3, 0.4) is 0 Å². The topological polar surface area (TPSA) is 63.3 Å². The Hall–Kier alpha value is -1.61. The molecule has 0 aliphatic heterocycles. The van der Waals surface area contributed by atoms with Crippen LogP contribution < -0.4 is 5.73 Å². The summed E-state index contributed by atoms with van der Waals surface area (Å²) in [6.07, 6.45) is 3.18. The molecule has 0 aliphatic carbocycles. The van der Waals surface area contributed by atoms with Crippen LogP contribution in [0.15, 0.2) is 36.4 Å². The minimum Gasteiger partial charge on any atom is -0.480 e. The van der Waals surface area contributed by atoms with Gasteiger partial charge in [0.05, 0.1) is 0 Å². The molecule has 0 aromatic heterocycles. The highest BCUT2D eigenvalue weighted by molar-refractivity contribution is 5.82. The Morgan fingerprint density at radius 1 is 1.43 bits per heavy atom. The van der Waals surface area contributed by atoms with Crippen molar-refractivity contribution < 1.29 is 9.90 Å².